The van der Waals surface area contributed by atoms with Crippen LogP contribution < -0.4 is 5.32 Å². The number of hydrogen-bond donors (Lipinski definition) is 1. The lowest BCUT2D eigenvalue weighted by molar-refractivity contribution is 0.0954. The molecule has 6 heteroatoms. The molecule has 4 aromatic rings. The lowest BCUT2D eigenvalue weighted by Gasteiger charge is -2.05. The van der Waals surface area contributed by atoms with Gasteiger partial charge in [-0.15, -0.1) is 0 Å². The Bertz CT molecular complexity index is 1110. The summed E-state index contributed by atoms with van der Waals surface area (Å²) in [6, 6.07) is 14.3. The second-order valence-electron chi connectivity index (χ2n) is 6.47. The first-order valence-corrected chi connectivity index (χ1v) is 9.41. The SMILES string of the molecule is Cc1ccc(CNC(=O)c2sc3nc(-c4ccc(F)cc4)cn3c2C)cc1. The lowest BCUT2D eigenvalue weighted by atomic mass is 10.1. The fourth-order valence-electron chi connectivity index (χ4n) is 2.89. The molecule has 1 N–H and O–H groups in total. The molecular formula is C21H18FN3OS. The largest absolute Gasteiger partial charge is 0.347 e. The molecule has 1 amide bonds. The average molecular weight is 379 g/mol. The molecule has 2 heterocycles. The van der Waals surface area contributed by atoms with Crippen molar-refractivity contribution in [1.82, 2.24) is 14.7 Å². The molecule has 0 saturated heterocycles. The number of nitrogens with zero attached hydrogens (tertiary/aromatic N) is 2. The van der Waals surface area contributed by atoms with E-state index >= 15 is 0 Å². The predicted molar refractivity (Wildman–Crippen MR) is 106 cm³/mol. The minimum Gasteiger partial charge on any atom is -0.347 e. The minimum atomic E-state index is -0.275. The van der Waals surface area contributed by atoms with Crippen LogP contribution in [0.5, 0.6) is 0 Å². The van der Waals surface area contributed by atoms with Crippen molar-refractivity contribution in [2.45, 2.75) is 20.4 Å². The van der Waals surface area contributed by atoms with E-state index in [9.17, 15) is 9.18 Å². The number of amides is 1. The van der Waals surface area contributed by atoms with E-state index in [1.165, 1.54) is 29.0 Å². The number of nitrogens with one attached hydrogen (secondary N) is 1. The van der Waals surface area contributed by atoms with E-state index in [1.807, 2.05) is 48.7 Å². The molecule has 0 atom stereocenters. The number of hydrogen-bond acceptors (Lipinski definition) is 3. The van der Waals surface area contributed by atoms with Gasteiger partial charge in [0.15, 0.2) is 4.96 Å². The van der Waals surface area contributed by atoms with Crippen LogP contribution in [0.4, 0.5) is 4.39 Å². The lowest BCUT2D eigenvalue weighted by Crippen LogP contribution is -2.22. The Morgan fingerprint density at radius 2 is 1.81 bits per heavy atom. The molecule has 0 fully saturated rings. The summed E-state index contributed by atoms with van der Waals surface area (Å²) in [4.78, 5) is 18.6. The second-order valence-corrected chi connectivity index (χ2v) is 7.45. The van der Waals surface area contributed by atoms with E-state index in [-0.39, 0.29) is 11.7 Å². The molecule has 2 aromatic carbocycles. The molecule has 0 bridgehead atoms. The first-order valence-electron chi connectivity index (χ1n) is 8.59. The zero-order chi connectivity index (χ0) is 19.0. The molecule has 4 rings (SSSR count). The third-order valence-electron chi connectivity index (χ3n) is 4.48. The van der Waals surface area contributed by atoms with Gasteiger partial charge in [0.25, 0.3) is 5.91 Å². The molecule has 0 aliphatic heterocycles. The van der Waals surface area contributed by atoms with Crippen LogP contribution in [0, 0.1) is 19.7 Å². The first-order chi connectivity index (χ1) is 13.0. The van der Waals surface area contributed by atoms with E-state index in [1.54, 1.807) is 12.1 Å². The smallest absolute Gasteiger partial charge is 0.263 e. The van der Waals surface area contributed by atoms with E-state index in [4.69, 9.17) is 0 Å². The maximum Gasteiger partial charge on any atom is 0.263 e. The standard InChI is InChI=1S/C21H18FN3OS/c1-13-3-5-15(6-4-13)11-23-20(26)19-14(2)25-12-18(24-21(25)27-19)16-7-9-17(22)10-8-16/h3-10,12H,11H2,1-2H3,(H,23,26). The molecule has 0 radical (unpaired) electrons. The van der Waals surface area contributed by atoms with Crippen molar-refractivity contribution in [3.63, 3.8) is 0 Å². The Labute approximate surface area is 160 Å². The van der Waals surface area contributed by atoms with Crippen LogP contribution in [0.1, 0.15) is 26.5 Å². The van der Waals surface area contributed by atoms with Crippen LogP contribution in [0.3, 0.4) is 0 Å². The van der Waals surface area contributed by atoms with Crippen molar-refractivity contribution in [3.8, 4) is 11.3 Å². The summed E-state index contributed by atoms with van der Waals surface area (Å²) in [5.41, 5.74) is 4.70. The average Bonchev–Trinajstić information content (AvgIpc) is 3.21. The number of carbonyl (C=O) groups is 1. The Hall–Kier alpha value is -2.99. The zero-order valence-corrected chi connectivity index (χ0v) is 15.8. The van der Waals surface area contributed by atoms with Crippen LogP contribution in [0.2, 0.25) is 0 Å². The summed E-state index contributed by atoms with van der Waals surface area (Å²) < 4.78 is 15.0. The topological polar surface area (TPSA) is 46.4 Å². The number of thiazole rings is 1. The van der Waals surface area contributed by atoms with E-state index in [2.05, 4.69) is 10.3 Å². The summed E-state index contributed by atoms with van der Waals surface area (Å²) in [5, 5.41) is 2.97. The molecule has 0 aliphatic carbocycles. The maximum atomic E-state index is 13.1. The molecule has 0 aliphatic rings. The maximum absolute atomic E-state index is 13.1. The third-order valence-corrected chi connectivity index (χ3v) is 5.63. The summed E-state index contributed by atoms with van der Waals surface area (Å²) >= 11 is 1.35. The first kappa shape index (κ1) is 17.4. The summed E-state index contributed by atoms with van der Waals surface area (Å²) in [6.45, 7) is 4.42. The Balaban J connectivity index is 1.54. The van der Waals surface area contributed by atoms with Crippen LogP contribution in [0.25, 0.3) is 16.2 Å². The highest BCUT2D eigenvalue weighted by molar-refractivity contribution is 7.19. The molecule has 27 heavy (non-hydrogen) atoms. The molecule has 0 unspecified atom stereocenters. The highest BCUT2D eigenvalue weighted by atomic mass is 32.1. The van der Waals surface area contributed by atoms with Crippen molar-refractivity contribution < 1.29 is 9.18 Å². The summed E-state index contributed by atoms with van der Waals surface area (Å²) in [6.07, 6.45) is 1.88. The highest BCUT2D eigenvalue weighted by Gasteiger charge is 2.18. The summed E-state index contributed by atoms with van der Waals surface area (Å²) in [7, 11) is 0. The van der Waals surface area contributed by atoms with Crippen molar-refractivity contribution >= 4 is 22.2 Å². The number of carbonyl (C=O) groups excluding carboxylic acids is 1. The van der Waals surface area contributed by atoms with Crippen molar-refractivity contribution in [2.75, 3.05) is 0 Å². The number of halogens is 1. The summed E-state index contributed by atoms with van der Waals surface area (Å²) in [5.74, 6) is -0.379. The number of aryl methyl sites for hydroxylation is 2. The van der Waals surface area contributed by atoms with Crippen LogP contribution in [-0.4, -0.2) is 15.3 Å². The number of benzene rings is 2. The van der Waals surface area contributed by atoms with Crippen LogP contribution >= 0.6 is 11.3 Å². The zero-order valence-electron chi connectivity index (χ0n) is 15.0. The van der Waals surface area contributed by atoms with Gasteiger partial charge in [-0.25, -0.2) is 9.37 Å². The molecule has 0 saturated carbocycles. The fraction of sp³-hybridized carbons (Fsp3) is 0.143. The van der Waals surface area contributed by atoms with Gasteiger partial charge in [0.1, 0.15) is 10.7 Å². The van der Waals surface area contributed by atoms with Crippen LogP contribution in [0.15, 0.2) is 54.7 Å². The molecule has 136 valence electrons. The number of aromatic nitrogens is 2. The number of fused-ring (bicyclic) bond motifs is 1. The Morgan fingerprint density at radius 1 is 1.11 bits per heavy atom. The Morgan fingerprint density at radius 3 is 2.48 bits per heavy atom. The molecule has 4 nitrogen and oxygen atoms in total. The van der Waals surface area contributed by atoms with Crippen LogP contribution in [-0.2, 0) is 6.54 Å². The van der Waals surface area contributed by atoms with Gasteiger partial charge in [0.05, 0.1) is 5.69 Å². The fourth-order valence-corrected chi connectivity index (χ4v) is 3.91. The van der Waals surface area contributed by atoms with Gasteiger partial charge in [0.2, 0.25) is 0 Å². The van der Waals surface area contributed by atoms with Gasteiger partial charge >= 0.3 is 0 Å². The normalized spacial score (nSPS) is 11.1. The number of rotatable bonds is 4. The van der Waals surface area contributed by atoms with E-state index < -0.39 is 0 Å². The van der Waals surface area contributed by atoms with E-state index in [0.717, 1.165) is 27.5 Å². The van der Waals surface area contributed by atoms with Crippen molar-refractivity contribution in [1.29, 1.82) is 0 Å². The third kappa shape index (κ3) is 3.48. The van der Waals surface area contributed by atoms with Gasteiger partial charge in [-0.1, -0.05) is 41.2 Å². The van der Waals surface area contributed by atoms with Crippen molar-refractivity contribution in [2.24, 2.45) is 0 Å². The quantitative estimate of drug-likeness (QED) is 0.556. The van der Waals surface area contributed by atoms with Gasteiger partial charge in [-0.2, -0.15) is 0 Å². The minimum absolute atomic E-state index is 0.105. The van der Waals surface area contributed by atoms with Gasteiger partial charge in [-0.3, -0.25) is 9.20 Å². The molecule has 2 aromatic heterocycles. The monoisotopic (exact) mass is 379 g/mol. The number of imidazole rings is 1. The Kier molecular flexibility index (Phi) is 4.49. The van der Waals surface area contributed by atoms with Gasteiger partial charge in [-0.05, 0) is 43.7 Å². The van der Waals surface area contributed by atoms with Gasteiger partial charge < -0.3 is 5.32 Å². The van der Waals surface area contributed by atoms with Gasteiger partial charge in [0, 0.05) is 24.0 Å². The van der Waals surface area contributed by atoms with E-state index in [0.29, 0.717) is 11.4 Å². The molecule has 0 spiro atoms. The predicted octanol–water partition coefficient (Wildman–Crippen LogP) is 4.75. The highest BCUT2D eigenvalue weighted by Crippen LogP contribution is 2.27. The van der Waals surface area contributed by atoms with Crippen molar-refractivity contribution in [3.05, 3.63) is 82.2 Å². The molecular weight excluding hydrogens is 361 g/mol. The second kappa shape index (κ2) is 6.96.